The van der Waals surface area contributed by atoms with Gasteiger partial charge in [0.1, 0.15) is 12.3 Å². The summed E-state index contributed by atoms with van der Waals surface area (Å²) in [7, 11) is 0. The lowest BCUT2D eigenvalue weighted by atomic mass is 9.98. The molecule has 2 atom stereocenters. The maximum Gasteiger partial charge on any atom is 0.292 e. The van der Waals surface area contributed by atoms with Gasteiger partial charge < -0.3 is 9.64 Å². The molecule has 0 aromatic heterocycles. The average molecular weight is 365 g/mol. The number of carbonyl (C=O) groups is 2. The van der Waals surface area contributed by atoms with Crippen molar-refractivity contribution in [1.29, 1.82) is 0 Å². The normalized spacial score (nSPS) is 22.0. The number of fused-ring (bicyclic) bond motifs is 1. The van der Waals surface area contributed by atoms with Gasteiger partial charge in [-0.25, -0.2) is 4.90 Å². The van der Waals surface area contributed by atoms with Gasteiger partial charge in [0.25, 0.3) is 5.91 Å². The molecule has 2 heterocycles. The predicted octanol–water partition coefficient (Wildman–Crippen LogP) is 1.75. The van der Waals surface area contributed by atoms with Crippen LogP contribution in [0.5, 0.6) is 5.75 Å². The molecule has 140 valence electrons. The van der Waals surface area contributed by atoms with Crippen LogP contribution >= 0.6 is 0 Å². The minimum absolute atomic E-state index is 0.0865. The number of amides is 2. The van der Waals surface area contributed by atoms with Crippen molar-refractivity contribution in [3.63, 3.8) is 0 Å². The van der Waals surface area contributed by atoms with E-state index in [9.17, 15) is 9.59 Å². The van der Waals surface area contributed by atoms with Crippen LogP contribution in [0.3, 0.4) is 0 Å². The van der Waals surface area contributed by atoms with Crippen LogP contribution < -0.4 is 14.5 Å². The van der Waals surface area contributed by atoms with Crippen molar-refractivity contribution in [3.05, 3.63) is 59.7 Å². The van der Waals surface area contributed by atoms with Crippen LogP contribution in [0.1, 0.15) is 30.9 Å². The fraction of sp³-hybridized carbons (Fsp3) is 0.364. The van der Waals surface area contributed by atoms with Crippen molar-refractivity contribution in [2.24, 2.45) is 0 Å². The van der Waals surface area contributed by atoms with Crippen LogP contribution in [0.2, 0.25) is 0 Å². The minimum atomic E-state index is -0.290. The second-order valence-corrected chi connectivity index (χ2v) is 7.27. The van der Waals surface area contributed by atoms with E-state index in [4.69, 9.17) is 4.74 Å². The van der Waals surface area contributed by atoms with Crippen molar-refractivity contribution < 1.29 is 19.2 Å². The van der Waals surface area contributed by atoms with E-state index in [0.717, 1.165) is 31.7 Å². The molecule has 27 heavy (non-hydrogen) atoms. The fourth-order valence-corrected chi connectivity index (χ4v) is 4.03. The zero-order valence-corrected chi connectivity index (χ0v) is 15.6. The second kappa shape index (κ2) is 7.53. The van der Waals surface area contributed by atoms with E-state index >= 15 is 0 Å². The highest BCUT2D eigenvalue weighted by atomic mass is 16.5. The molecule has 1 saturated heterocycles. The number of hydrogen-bond donors (Lipinski definition) is 1. The summed E-state index contributed by atoms with van der Waals surface area (Å²) in [5.41, 5.74) is 3.28. The highest BCUT2D eigenvalue weighted by molar-refractivity contribution is 6.21. The molecule has 1 fully saturated rings. The number of benzene rings is 2. The summed E-state index contributed by atoms with van der Waals surface area (Å²) >= 11 is 0. The number of anilines is 1. The molecular weight excluding hydrogens is 340 g/mol. The van der Waals surface area contributed by atoms with Gasteiger partial charge in [0.15, 0.2) is 6.04 Å². The molecule has 2 aromatic carbocycles. The van der Waals surface area contributed by atoms with Gasteiger partial charge in [0, 0.05) is 12.0 Å². The number of quaternary nitrogens is 1. The van der Waals surface area contributed by atoms with Crippen LogP contribution in [0.4, 0.5) is 5.69 Å². The molecular formula is C22H25N2O3+. The molecule has 1 N–H and O–H groups in total. The molecule has 1 unspecified atom stereocenters. The molecule has 0 spiro atoms. The highest BCUT2D eigenvalue weighted by Crippen LogP contribution is 2.25. The van der Waals surface area contributed by atoms with Crippen molar-refractivity contribution in [3.8, 4) is 5.75 Å². The average Bonchev–Trinajstić information content (AvgIpc) is 3.00. The Hall–Kier alpha value is -2.66. The summed E-state index contributed by atoms with van der Waals surface area (Å²) in [6, 6.07) is 15.3. The minimum Gasteiger partial charge on any atom is -0.494 e. The molecule has 0 saturated carbocycles. The van der Waals surface area contributed by atoms with Crippen LogP contribution in [-0.2, 0) is 22.6 Å². The highest BCUT2D eigenvalue weighted by Gasteiger charge is 2.46. The van der Waals surface area contributed by atoms with E-state index in [1.807, 2.05) is 18.2 Å². The van der Waals surface area contributed by atoms with E-state index in [2.05, 4.69) is 25.1 Å². The Labute approximate surface area is 159 Å². The number of ether oxygens (including phenoxy) is 1. The SMILES string of the molecule is CCCOc1ccc(N2C(=O)C[C@@H]([NH+]3CCc4ccccc4C3)C2=O)cc1. The molecule has 2 aromatic rings. The lowest BCUT2D eigenvalue weighted by molar-refractivity contribution is -0.930. The standard InChI is InChI=1S/C22H24N2O3/c1-2-13-27-19-9-7-18(8-10-19)24-21(25)14-20(22(24)26)23-12-11-16-5-3-4-6-17(16)15-23/h3-10,20H,2,11-15H2,1H3/p+1/t20-/m1/s1. The smallest absolute Gasteiger partial charge is 0.292 e. The molecule has 2 aliphatic rings. The Bertz CT molecular complexity index is 847. The first-order valence-corrected chi connectivity index (χ1v) is 9.68. The number of imide groups is 1. The first kappa shape index (κ1) is 17.7. The third kappa shape index (κ3) is 3.47. The second-order valence-electron chi connectivity index (χ2n) is 7.27. The monoisotopic (exact) mass is 365 g/mol. The van der Waals surface area contributed by atoms with Gasteiger partial charge in [0.05, 0.1) is 25.3 Å². The number of carbonyl (C=O) groups excluding carboxylic acids is 2. The van der Waals surface area contributed by atoms with Crippen molar-refractivity contribution >= 4 is 17.5 Å². The Balaban J connectivity index is 1.49. The molecule has 0 aliphatic carbocycles. The summed E-state index contributed by atoms with van der Waals surface area (Å²) in [6.07, 6.45) is 2.17. The zero-order chi connectivity index (χ0) is 18.8. The van der Waals surface area contributed by atoms with Crippen LogP contribution in [0.15, 0.2) is 48.5 Å². The van der Waals surface area contributed by atoms with E-state index in [0.29, 0.717) is 12.3 Å². The molecule has 2 aliphatic heterocycles. The van der Waals surface area contributed by atoms with E-state index in [1.54, 1.807) is 12.1 Å². The molecule has 5 heteroatoms. The summed E-state index contributed by atoms with van der Waals surface area (Å²) in [5.74, 6) is 0.560. The maximum absolute atomic E-state index is 13.0. The van der Waals surface area contributed by atoms with E-state index < -0.39 is 0 Å². The molecule has 2 amide bonds. The molecule has 0 radical (unpaired) electrons. The van der Waals surface area contributed by atoms with Crippen LogP contribution in [-0.4, -0.2) is 31.0 Å². The molecule has 4 rings (SSSR count). The quantitative estimate of drug-likeness (QED) is 0.822. The van der Waals surface area contributed by atoms with Gasteiger partial charge in [-0.1, -0.05) is 31.2 Å². The van der Waals surface area contributed by atoms with Crippen LogP contribution in [0.25, 0.3) is 0 Å². The summed E-state index contributed by atoms with van der Waals surface area (Å²) in [6.45, 7) is 4.40. The van der Waals surface area contributed by atoms with Gasteiger partial charge in [0.2, 0.25) is 5.91 Å². The topological polar surface area (TPSA) is 51.0 Å². The third-order valence-electron chi connectivity index (χ3n) is 5.46. The van der Waals surface area contributed by atoms with Gasteiger partial charge in [-0.3, -0.25) is 9.59 Å². The zero-order valence-electron chi connectivity index (χ0n) is 15.6. The third-order valence-corrected chi connectivity index (χ3v) is 5.46. The van der Waals surface area contributed by atoms with Crippen molar-refractivity contribution in [1.82, 2.24) is 0 Å². The maximum atomic E-state index is 13.0. The van der Waals surface area contributed by atoms with Crippen LogP contribution in [0, 0.1) is 0 Å². The molecule has 0 bridgehead atoms. The van der Waals surface area contributed by atoms with Crippen molar-refractivity contribution in [2.75, 3.05) is 18.1 Å². The summed E-state index contributed by atoms with van der Waals surface area (Å²) in [4.78, 5) is 28.2. The van der Waals surface area contributed by atoms with Gasteiger partial charge in [-0.15, -0.1) is 0 Å². The summed E-state index contributed by atoms with van der Waals surface area (Å²) < 4.78 is 5.58. The number of nitrogens with one attached hydrogen (secondary N) is 1. The lowest BCUT2D eigenvalue weighted by Gasteiger charge is -2.29. The predicted molar refractivity (Wildman–Crippen MR) is 103 cm³/mol. The number of rotatable bonds is 5. The van der Waals surface area contributed by atoms with Crippen molar-refractivity contribution in [2.45, 2.75) is 38.8 Å². The Morgan fingerprint density at radius 1 is 1.07 bits per heavy atom. The Morgan fingerprint density at radius 2 is 1.81 bits per heavy atom. The molecule has 5 nitrogen and oxygen atoms in total. The van der Waals surface area contributed by atoms with E-state index in [-0.39, 0.29) is 24.3 Å². The Morgan fingerprint density at radius 3 is 2.56 bits per heavy atom. The fourth-order valence-electron chi connectivity index (χ4n) is 4.03. The number of hydrogen-bond acceptors (Lipinski definition) is 3. The van der Waals surface area contributed by atoms with Gasteiger partial charge in [-0.2, -0.15) is 0 Å². The lowest BCUT2D eigenvalue weighted by Crippen LogP contribution is -3.16. The van der Waals surface area contributed by atoms with E-state index in [1.165, 1.54) is 20.9 Å². The number of nitrogens with zero attached hydrogens (tertiary/aromatic N) is 1. The largest absolute Gasteiger partial charge is 0.494 e. The summed E-state index contributed by atoms with van der Waals surface area (Å²) in [5, 5.41) is 0. The van der Waals surface area contributed by atoms with Gasteiger partial charge in [-0.05, 0) is 36.2 Å². The first-order valence-electron chi connectivity index (χ1n) is 9.68. The Kier molecular flexibility index (Phi) is 4.94. The first-order chi connectivity index (χ1) is 13.2. The van der Waals surface area contributed by atoms with Gasteiger partial charge >= 0.3 is 0 Å².